The van der Waals surface area contributed by atoms with Crippen molar-refractivity contribution in [1.29, 1.82) is 0 Å². The van der Waals surface area contributed by atoms with Gasteiger partial charge in [0.1, 0.15) is 11.6 Å². The van der Waals surface area contributed by atoms with Gasteiger partial charge in [0, 0.05) is 19.0 Å². The third-order valence-corrected chi connectivity index (χ3v) is 4.62. The number of hydrogen-bond acceptors (Lipinski definition) is 3. The molecule has 3 atom stereocenters. The molecule has 0 radical (unpaired) electrons. The van der Waals surface area contributed by atoms with Gasteiger partial charge in [0.05, 0.1) is 6.04 Å². The Bertz CT molecular complexity index is 412. The van der Waals surface area contributed by atoms with E-state index in [1.807, 2.05) is 0 Å². The number of nitrogens with one attached hydrogen (secondary N) is 1. The number of rotatable bonds is 3. The predicted octanol–water partition coefficient (Wildman–Crippen LogP) is 2.63. The van der Waals surface area contributed by atoms with Crippen LogP contribution in [0, 0.1) is 5.92 Å². The Kier molecular flexibility index (Phi) is 3.37. The van der Waals surface area contributed by atoms with E-state index in [1.54, 1.807) is 0 Å². The van der Waals surface area contributed by atoms with Crippen molar-refractivity contribution in [2.24, 2.45) is 5.92 Å². The fourth-order valence-corrected chi connectivity index (χ4v) is 3.58. The third kappa shape index (κ3) is 1.96. The summed E-state index contributed by atoms with van der Waals surface area (Å²) in [5.74, 6) is 3.86. The van der Waals surface area contributed by atoms with Crippen LogP contribution in [0.15, 0.2) is 0 Å². The van der Waals surface area contributed by atoms with Gasteiger partial charge in [-0.05, 0) is 25.2 Å². The van der Waals surface area contributed by atoms with Crippen molar-refractivity contribution < 1.29 is 0 Å². The monoisotopic (exact) mass is 248 g/mol. The molecule has 4 nitrogen and oxygen atoms in total. The minimum Gasteiger partial charge on any atom is -0.312 e. The molecule has 1 aliphatic heterocycles. The maximum absolute atomic E-state index is 4.54. The molecule has 4 heteroatoms. The van der Waals surface area contributed by atoms with E-state index >= 15 is 0 Å². The summed E-state index contributed by atoms with van der Waals surface area (Å²) in [6, 6.07) is 0.418. The average molecular weight is 248 g/mol. The van der Waals surface area contributed by atoms with Crippen LogP contribution in [-0.2, 0) is 6.54 Å². The van der Waals surface area contributed by atoms with Gasteiger partial charge in [-0.2, -0.15) is 0 Å². The molecule has 0 amide bonds. The number of nitrogens with zero attached hydrogens (tertiary/aromatic N) is 3. The van der Waals surface area contributed by atoms with Gasteiger partial charge in [0.15, 0.2) is 0 Å². The van der Waals surface area contributed by atoms with Crippen molar-refractivity contribution in [3.05, 3.63) is 11.6 Å². The Labute approximate surface area is 109 Å². The largest absolute Gasteiger partial charge is 0.312 e. The summed E-state index contributed by atoms with van der Waals surface area (Å²) in [6.07, 6.45) is 6.36. The van der Waals surface area contributed by atoms with Crippen LogP contribution in [0.25, 0.3) is 0 Å². The molecule has 1 fully saturated rings. The summed E-state index contributed by atoms with van der Waals surface area (Å²) in [5, 5.41) is 12.6. The lowest BCUT2D eigenvalue weighted by atomic mass is 9.97. The predicted molar refractivity (Wildman–Crippen MR) is 71.4 cm³/mol. The first-order valence-electron chi connectivity index (χ1n) is 7.47. The molecular formula is C14H24N4. The minimum atomic E-state index is 0.418. The van der Waals surface area contributed by atoms with Crippen LogP contribution < -0.4 is 5.32 Å². The molecule has 2 heterocycles. The normalized spacial score (nSPS) is 31.6. The van der Waals surface area contributed by atoms with Crippen LogP contribution in [0.1, 0.15) is 69.6 Å². The lowest BCUT2D eigenvalue weighted by molar-refractivity contribution is 0.377. The molecule has 0 aromatic carbocycles. The number of hydrogen-bond donors (Lipinski definition) is 1. The van der Waals surface area contributed by atoms with E-state index in [0.29, 0.717) is 12.0 Å². The van der Waals surface area contributed by atoms with Crippen LogP contribution in [0.2, 0.25) is 0 Å². The lowest BCUT2D eigenvalue weighted by Crippen LogP contribution is -2.34. The van der Waals surface area contributed by atoms with E-state index in [1.165, 1.54) is 43.8 Å². The summed E-state index contributed by atoms with van der Waals surface area (Å²) in [6.45, 7) is 6.70. The lowest BCUT2D eigenvalue weighted by Gasteiger charge is -2.26. The molecule has 1 saturated carbocycles. The van der Waals surface area contributed by atoms with Crippen molar-refractivity contribution in [3.63, 3.8) is 0 Å². The van der Waals surface area contributed by atoms with Crippen LogP contribution in [-0.4, -0.2) is 21.3 Å². The molecule has 3 rings (SSSR count). The summed E-state index contributed by atoms with van der Waals surface area (Å²) >= 11 is 0. The van der Waals surface area contributed by atoms with E-state index in [-0.39, 0.29) is 0 Å². The second-order valence-corrected chi connectivity index (χ2v) is 5.88. The Morgan fingerprint density at radius 3 is 2.83 bits per heavy atom. The van der Waals surface area contributed by atoms with Gasteiger partial charge in [-0.15, -0.1) is 10.2 Å². The fraction of sp³-hybridized carbons (Fsp3) is 0.857. The number of aromatic nitrogens is 3. The van der Waals surface area contributed by atoms with Crippen LogP contribution in [0.5, 0.6) is 0 Å². The quantitative estimate of drug-likeness (QED) is 0.894. The van der Waals surface area contributed by atoms with E-state index < -0.39 is 0 Å². The van der Waals surface area contributed by atoms with Gasteiger partial charge < -0.3 is 9.88 Å². The smallest absolute Gasteiger partial charge is 0.150 e. The maximum atomic E-state index is 4.54. The molecule has 3 unspecified atom stereocenters. The second-order valence-electron chi connectivity index (χ2n) is 5.88. The Morgan fingerprint density at radius 1 is 1.28 bits per heavy atom. The third-order valence-electron chi connectivity index (χ3n) is 4.62. The molecule has 0 saturated heterocycles. The van der Waals surface area contributed by atoms with Gasteiger partial charge in [-0.25, -0.2) is 0 Å². The van der Waals surface area contributed by atoms with E-state index in [9.17, 15) is 0 Å². The van der Waals surface area contributed by atoms with E-state index in [2.05, 4.69) is 33.9 Å². The molecule has 18 heavy (non-hydrogen) atoms. The first-order chi connectivity index (χ1) is 8.81. The summed E-state index contributed by atoms with van der Waals surface area (Å²) in [5.41, 5.74) is 0. The SMILES string of the molecule is CCCC1NCCn2c1nnc2C1CCCC1C. The molecule has 1 aromatic heterocycles. The number of fused-ring (bicyclic) bond motifs is 1. The van der Waals surface area contributed by atoms with Gasteiger partial charge in [0.25, 0.3) is 0 Å². The van der Waals surface area contributed by atoms with Crippen molar-refractivity contribution in [2.45, 2.75) is 64.5 Å². The van der Waals surface area contributed by atoms with Crippen LogP contribution >= 0.6 is 0 Å². The summed E-state index contributed by atoms with van der Waals surface area (Å²) in [7, 11) is 0. The molecule has 100 valence electrons. The van der Waals surface area contributed by atoms with Crippen molar-refractivity contribution in [3.8, 4) is 0 Å². The topological polar surface area (TPSA) is 42.7 Å². The zero-order valence-corrected chi connectivity index (χ0v) is 11.5. The van der Waals surface area contributed by atoms with Gasteiger partial charge in [-0.3, -0.25) is 0 Å². The highest BCUT2D eigenvalue weighted by molar-refractivity contribution is 5.10. The zero-order valence-electron chi connectivity index (χ0n) is 11.5. The second kappa shape index (κ2) is 5.00. The van der Waals surface area contributed by atoms with E-state index in [4.69, 9.17) is 0 Å². The highest BCUT2D eigenvalue weighted by atomic mass is 15.3. The fourth-order valence-electron chi connectivity index (χ4n) is 3.58. The Hall–Kier alpha value is -0.900. The Morgan fingerprint density at radius 2 is 2.11 bits per heavy atom. The average Bonchev–Trinajstić information content (AvgIpc) is 2.96. The van der Waals surface area contributed by atoms with Gasteiger partial charge in [-0.1, -0.05) is 26.7 Å². The zero-order chi connectivity index (χ0) is 12.5. The molecule has 1 aromatic rings. The molecular weight excluding hydrogens is 224 g/mol. The van der Waals surface area contributed by atoms with Crippen molar-refractivity contribution in [1.82, 2.24) is 20.1 Å². The van der Waals surface area contributed by atoms with Gasteiger partial charge >= 0.3 is 0 Å². The maximum Gasteiger partial charge on any atom is 0.150 e. The van der Waals surface area contributed by atoms with Gasteiger partial charge in [0.2, 0.25) is 0 Å². The molecule has 2 aliphatic rings. The summed E-state index contributed by atoms with van der Waals surface area (Å²) in [4.78, 5) is 0. The molecule has 0 spiro atoms. The minimum absolute atomic E-state index is 0.418. The summed E-state index contributed by atoms with van der Waals surface area (Å²) < 4.78 is 2.41. The standard InChI is InChI=1S/C14H24N4/c1-3-5-12-14-17-16-13(18(14)9-8-15-12)11-7-4-6-10(11)2/h10-12,15H,3-9H2,1-2H3. The van der Waals surface area contributed by atoms with Crippen LogP contribution in [0.3, 0.4) is 0 Å². The highest BCUT2D eigenvalue weighted by Crippen LogP contribution is 2.39. The first-order valence-corrected chi connectivity index (χ1v) is 7.47. The van der Waals surface area contributed by atoms with Crippen LogP contribution in [0.4, 0.5) is 0 Å². The Balaban J connectivity index is 1.89. The molecule has 1 aliphatic carbocycles. The molecule has 0 bridgehead atoms. The van der Waals surface area contributed by atoms with E-state index in [0.717, 1.165) is 19.0 Å². The molecule has 1 N–H and O–H groups in total. The van der Waals surface area contributed by atoms with Crippen molar-refractivity contribution in [2.75, 3.05) is 6.54 Å². The first kappa shape index (κ1) is 12.2. The highest BCUT2D eigenvalue weighted by Gasteiger charge is 2.32. The van der Waals surface area contributed by atoms with Crippen molar-refractivity contribution >= 4 is 0 Å².